The molecule has 2 aromatic heterocycles. The van der Waals surface area contributed by atoms with Crippen LogP contribution in [0.1, 0.15) is 12.0 Å². The first kappa shape index (κ1) is 18.2. The number of benzene rings is 2. The molecule has 6 nitrogen and oxygen atoms in total. The molecule has 0 unspecified atom stereocenters. The summed E-state index contributed by atoms with van der Waals surface area (Å²) in [5, 5.41) is 2.96. The van der Waals surface area contributed by atoms with Gasteiger partial charge < -0.3 is 19.2 Å². The average molecular weight is 399 g/mol. The zero-order valence-corrected chi connectivity index (χ0v) is 16.4. The molecule has 0 radical (unpaired) electrons. The number of amides is 1. The van der Waals surface area contributed by atoms with Gasteiger partial charge in [0.1, 0.15) is 18.9 Å². The number of pyridine rings is 1. The molecular weight excluding hydrogens is 378 g/mol. The Morgan fingerprint density at radius 3 is 2.67 bits per heavy atom. The maximum absolute atomic E-state index is 12.4. The molecule has 3 heterocycles. The summed E-state index contributed by atoms with van der Waals surface area (Å²) >= 11 is 0. The molecule has 0 saturated heterocycles. The van der Waals surface area contributed by atoms with Gasteiger partial charge in [-0.3, -0.25) is 4.79 Å². The second kappa shape index (κ2) is 7.91. The molecule has 30 heavy (non-hydrogen) atoms. The van der Waals surface area contributed by atoms with E-state index >= 15 is 0 Å². The van der Waals surface area contributed by atoms with Gasteiger partial charge in [-0.2, -0.15) is 0 Å². The van der Waals surface area contributed by atoms with E-state index < -0.39 is 0 Å². The second-order valence-electron chi connectivity index (χ2n) is 7.20. The topological polar surface area (TPSA) is 64.9 Å². The van der Waals surface area contributed by atoms with E-state index in [1.807, 2.05) is 77.5 Å². The van der Waals surface area contributed by atoms with Crippen LogP contribution in [-0.4, -0.2) is 28.5 Å². The van der Waals surface area contributed by atoms with Crippen molar-refractivity contribution in [2.45, 2.75) is 12.8 Å². The maximum atomic E-state index is 12.4. The largest absolute Gasteiger partial charge is 0.486 e. The Hall–Kier alpha value is -3.80. The number of ether oxygens (including phenoxy) is 2. The van der Waals surface area contributed by atoms with Crippen LogP contribution in [0.15, 0.2) is 73.1 Å². The van der Waals surface area contributed by atoms with Gasteiger partial charge in [0.05, 0.1) is 5.69 Å². The van der Waals surface area contributed by atoms with Crippen molar-refractivity contribution in [2.75, 3.05) is 18.5 Å². The number of anilines is 1. The van der Waals surface area contributed by atoms with Gasteiger partial charge >= 0.3 is 0 Å². The van der Waals surface area contributed by atoms with Crippen molar-refractivity contribution < 1.29 is 14.3 Å². The quantitative estimate of drug-likeness (QED) is 0.542. The van der Waals surface area contributed by atoms with Crippen LogP contribution >= 0.6 is 0 Å². The summed E-state index contributed by atoms with van der Waals surface area (Å²) in [6, 6.07) is 19.5. The lowest BCUT2D eigenvalue weighted by Gasteiger charge is -2.18. The summed E-state index contributed by atoms with van der Waals surface area (Å²) in [7, 11) is 0. The Morgan fingerprint density at radius 1 is 1.00 bits per heavy atom. The number of hydrogen-bond acceptors (Lipinski definition) is 4. The minimum absolute atomic E-state index is 0.0228. The normalized spacial score (nSPS) is 12.7. The number of hydrogen-bond donors (Lipinski definition) is 1. The molecule has 1 aliphatic rings. The van der Waals surface area contributed by atoms with Gasteiger partial charge in [-0.1, -0.05) is 24.3 Å². The van der Waals surface area contributed by atoms with Crippen LogP contribution < -0.4 is 14.8 Å². The van der Waals surface area contributed by atoms with E-state index in [1.54, 1.807) is 0 Å². The number of nitrogens with zero attached hydrogens (tertiary/aromatic N) is 2. The van der Waals surface area contributed by atoms with Gasteiger partial charge in [0.15, 0.2) is 11.5 Å². The number of nitrogens with one attached hydrogen (secondary N) is 1. The van der Waals surface area contributed by atoms with Crippen LogP contribution in [0, 0.1) is 0 Å². The highest BCUT2D eigenvalue weighted by Crippen LogP contribution is 2.31. The van der Waals surface area contributed by atoms with Crippen molar-refractivity contribution in [1.29, 1.82) is 0 Å². The van der Waals surface area contributed by atoms with Crippen molar-refractivity contribution in [2.24, 2.45) is 0 Å². The molecule has 0 saturated carbocycles. The molecule has 6 heteroatoms. The predicted molar refractivity (Wildman–Crippen MR) is 115 cm³/mol. The van der Waals surface area contributed by atoms with E-state index in [1.165, 1.54) is 0 Å². The fraction of sp³-hybridized carbons (Fsp3) is 0.167. The average Bonchev–Trinajstić information content (AvgIpc) is 3.22. The van der Waals surface area contributed by atoms with E-state index in [4.69, 9.17) is 9.47 Å². The molecule has 1 N–H and O–H groups in total. The third-order valence-electron chi connectivity index (χ3n) is 5.08. The highest BCUT2D eigenvalue weighted by Gasteiger charge is 2.12. The number of carbonyl (C=O) groups excluding carboxylic acids is 1. The lowest BCUT2D eigenvalue weighted by atomic mass is 10.1. The Labute approximate surface area is 174 Å². The number of aromatic nitrogens is 2. The molecule has 0 fully saturated rings. The first-order valence-corrected chi connectivity index (χ1v) is 9.97. The van der Waals surface area contributed by atoms with Gasteiger partial charge in [0, 0.05) is 30.1 Å². The van der Waals surface area contributed by atoms with Gasteiger partial charge in [-0.05, 0) is 48.4 Å². The van der Waals surface area contributed by atoms with E-state index in [-0.39, 0.29) is 5.91 Å². The Balaban J connectivity index is 1.20. The zero-order valence-electron chi connectivity index (χ0n) is 16.4. The molecule has 2 aromatic carbocycles. The van der Waals surface area contributed by atoms with Crippen LogP contribution in [0.2, 0.25) is 0 Å². The van der Waals surface area contributed by atoms with Crippen LogP contribution in [0.25, 0.3) is 16.9 Å². The number of carbonyl (C=O) groups is 1. The zero-order chi connectivity index (χ0) is 20.3. The molecule has 5 rings (SSSR count). The summed E-state index contributed by atoms with van der Waals surface area (Å²) in [5.74, 6) is 1.49. The van der Waals surface area contributed by atoms with E-state index in [0.717, 1.165) is 39.7 Å². The predicted octanol–water partition coefficient (Wildman–Crippen LogP) is 4.34. The smallest absolute Gasteiger partial charge is 0.224 e. The van der Waals surface area contributed by atoms with Crippen LogP contribution in [-0.2, 0) is 11.2 Å². The highest BCUT2D eigenvalue weighted by atomic mass is 16.6. The fourth-order valence-electron chi connectivity index (χ4n) is 3.52. The molecule has 0 atom stereocenters. The van der Waals surface area contributed by atoms with Crippen molar-refractivity contribution in [1.82, 2.24) is 9.38 Å². The standard InChI is InChI=1S/C24H21N3O3/c28-24(11-5-17-4-10-21-22(15-17)30-14-13-29-21)25-19-8-6-18(7-9-19)20-16-27-12-2-1-3-23(27)26-20/h1-4,6-10,12,15-16H,5,11,13-14H2,(H,25,28). The van der Waals surface area contributed by atoms with E-state index in [0.29, 0.717) is 26.1 Å². The molecule has 0 bridgehead atoms. The minimum atomic E-state index is -0.0228. The van der Waals surface area contributed by atoms with Crippen molar-refractivity contribution in [3.63, 3.8) is 0 Å². The van der Waals surface area contributed by atoms with Gasteiger partial charge in [0.25, 0.3) is 0 Å². The highest BCUT2D eigenvalue weighted by molar-refractivity contribution is 5.91. The Bertz CT molecular complexity index is 1170. The summed E-state index contributed by atoms with van der Waals surface area (Å²) in [6.07, 6.45) is 5.01. The second-order valence-corrected chi connectivity index (χ2v) is 7.20. The fourth-order valence-corrected chi connectivity index (χ4v) is 3.52. The number of aryl methyl sites for hydroxylation is 1. The summed E-state index contributed by atoms with van der Waals surface area (Å²) in [5.41, 5.74) is 4.64. The SMILES string of the molecule is O=C(CCc1ccc2c(c1)OCCO2)Nc1ccc(-c2cn3ccccc3n2)cc1. The molecule has 1 amide bonds. The lowest BCUT2D eigenvalue weighted by molar-refractivity contribution is -0.116. The van der Waals surface area contributed by atoms with Crippen molar-refractivity contribution >= 4 is 17.2 Å². The Morgan fingerprint density at radius 2 is 1.83 bits per heavy atom. The molecule has 0 spiro atoms. The molecular formula is C24H21N3O3. The van der Waals surface area contributed by atoms with E-state index in [9.17, 15) is 4.79 Å². The van der Waals surface area contributed by atoms with E-state index in [2.05, 4.69) is 10.3 Å². The Kier molecular flexibility index (Phi) is 4.81. The lowest BCUT2D eigenvalue weighted by Crippen LogP contribution is -2.15. The van der Waals surface area contributed by atoms with Crippen LogP contribution in [0.4, 0.5) is 5.69 Å². The number of imidazole rings is 1. The minimum Gasteiger partial charge on any atom is -0.486 e. The third kappa shape index (κ3) is 3.85. The number of rotatable bonds is 5. The summed E-state index contributed by atoms with van der Waals surface area (Å²) in [4.78, 5) is 17.0. The third-order valence-corrected chi connectivity index (χ3v) is 5.08. The van der Waals surface area contributed by atoms with Crippen molar-refractivity contribution in [3.05, 3.63) is 78.6 Å². The van der Waals surface area contributed by atoms with Crippen molar-refractivity contribution in [3.8, 4) is 22.8 Å². The summed E-state index contributed by atoms with van der Waals surface area (Å²) in [6.45, 7) is 1.13. The van der Waals surface area contributed by atoms with Crippen LogP contribution in [0.3, 0.4) is 0 Å². The number of fused-ring (bicyclic) bond motifs is 2. The maximum Gasteiger partial charge on any atom is 0.224 e. The molecule has 1 aliphatic heterocycles. The van der Waals surface area contributed by atoms with Gasteiger partial charge in [0.2, 0.25) is 5.91 Å². The van der Waals surface area contributed by atoms with Gasteiger partial charge in [-0.15, -0.1) is 0 Å². The molecule has 150 valence electrons. The first-order valence-electron chi connectivity index (χ1n) is 9.97. The van der Waals surface area contributed by atoms with Gasteiger partial charge in [-0.25, -0.2) is 4.98 Å². The summed E-state index contributed by atoms with van der Waals surface area (Å²) < 4.78 is 13.1. The molecule has 0 aliphatic carbocycles. The first-order chi connectivity index (χ1) is 14.7. The molecule has 4 aromatic rings. The van der Waals surface area contributed by atoms with Crippen LogP contribution in [0.5, 0.6) is 11.5 Å². The monoisotopic (exact) mass is 399 g/mol.